The molecule has 21 heteroatoms. The van der Waals surface area contributed by atoms with Crippen LogP contribution in [-0.2, 0) is 46.9 Å². The standard InChI is InChI=1S/C33H41N9O10S2/c1-32(2)27(29(44)42(32)52-54(47,48)49)38-28(43)26(22-17-53-31(36)37-22)39-51-33(3,30(45)46)24-8-5-20-12-19(4-7-23(20)50-24)21-6-9-25-40(11-10-34)14-18(13-35)15-41(25)16-21/h4,6-7,9,12,16-18,24,27H,5,8,10-11,13-15,34-35H2,1-3H3,(H4-,36,37,38,43,45,46,47,48,49)/p+1/b39-26-/t18?,24-,27?,33+/m1/s1. The first-order valence-corrected chi connectivity index (χ1v) is 19.2. The van der Waals surface area contributed by atoms with Gasteiger partial charge in [-0.2, -0.15) is 13.5 Å². The van der Waals surface area contributed by atoms with Crippen LogP contribution < -0.4 is 36.7 Å². The number of aliphatic carboxylic acids is 1. The maximum atomic E-state index is 13.5. The number of ether oxygens (including phenoxy) is 1. The molecule has 0 radical (unpaired) electrons. The van der Waals surface area contributed by atoms with E-state index in [1.165, 1.54) is 26.2 Å². The molecule has 2 unspecified atom stereocenters. The van der Waals surface area contributed by atoms with Crippen LogP contribution in [0, 0.1) is 5.92 Å². The molecule has 9 N–H and O–H groups in total. The SMILES string of the molecule is CC1(C)C(NC(=O)/C(=N\O[C@](C)(C(=O)O)[C@H]2CCc3cc(-c4ccc5[n+](c4)CC(CN)CN5CCN)ccc3O2)c2csc(N)n2)C(=O)N1OS(=O)(=O)O. The number of pyridine rings is 1. The van der Waals surface area contributed by atoms with Gasteiger partial charge in [0.2, 0.25) is 0 Å². The topological polar surface area (TPSA) is 279 Å². The van der Waals surface area contributed by atoms with E-state index in [0.717, 1.165) is 53.5 Å². The number of benzene rings is 1. The number of nitrogen functional groups attached to an aromatic ring is 1. The Balaban J connectivity index is 1.21. The number of oxime groups is 1. The molecule has 0 bridgehead atoms. The lowest BCUT2D eigenvalue weighted by atomic mass is 9.84. The third kappa shape index (κ3) is 7.54. The zero-order valence-corrected chi connectivity index (χ0v) is 31.3. The van der Waals surface area contributed by atoms with Gasteiger partial charge in [0.1, 0.15) is 17.5 Å². The number of carbonyl (C=O) groups is 3. The minimum atomic E-state index is -5.03. The van der Waals surface area contributed by atoms with Crippen LogP contribution in [0.25, 0.3) is 11.1 Å². The first-order chi connectivity index (χ1) is 25.4. The van der Waals surface area contributed by atoms with E-state index in [0.29, 0.717) is 36.2 Å². The minimum Gasteiger partial charge on any atom is -0.485 e. The van der Waals surface area contributed by atoms with Gasteiger partial charge in [-0.15, -0.1) is 15.6 Å². The highest BCUT2D eigenvalue weighted by molar-refractivity contribution is 7.80. The van der Waals surface area contributed by atoms with Crippen LogP contribution in [0.1, 0.15) is 38.4 Å². The fraction of sp³-hybridized carbons (Fsp3) is 0.455. The molecule has 3 aromatic rings. The van der Waals surface area contributed by atoms with E-state index in [1.54, 1.807) is 6.07 Å². The Morgan fingerprint density at radius 1 is 1.24 bits per heavy atom. The van der Waals surface area contributed by atoms with Gasteiger partial charge in [0.25, 0.3) is 23.2 Å². The summed E-state index contributed by atoms with van der Waals surface area (Å²) in [5, 5.41) is 18.6. The maximum absolute atomic E-state index is 13.5. The second kappa shape index (κ2) is 14.7. The number of thiazole rings is 1. The van der Waals surface area contributed by atoms with Crippen LogP contribution in [0.2, 0.25) is 0 Å². The number of hydroxylamine groups is 2. The second-order valence-corrected chi connectivity index (χ2v) is 15.8. The van der Waals surface area contributed by atoms with E-state index in [4.69, 9.17) is 31.3 Å². The lowest BCUT2D eigenvalue weighted by Gasteiger charge is -2.50. The molecule has 54 heavy (non-hydrogen) atoms. The summed E-state index contributed by atoms with van der Waals surface area (Å²) >= 11 is 0.972. The third-order valence-corrected chi connectivity index (χ3v) is 10.8. The molecule has 1 fully saturated rings. The van der Waals surface area contributed by atoms with Crippen molar-refractivity contribution in [2.45, 2.75) is 63.4 Å². The molecule has 0 aliphatic carbocycles. The van der Waals surface area contributed by atoms with Gasteiger partial charge in [0.15, 0.2) is 16.9 Å². The van der Waals surface area contributed by atoms with Crippen molar-refractivity contribution in [1.82, 2.24) is 15.4 Å². The molecule has 1 aromatic carbocycles. The number of carboxylic acids is 1. The molecular weight excluding hydrogens is 747 g/mol. The number of nitrogens with zero attached hydrogens (tertiary/aromatic N) is 5. The number of carboxylic acid groups (broad SMARTS) is 1. The van der Waals surface area contributed by atoms with Crippen LogP contribution >= 0.6 is 11.3 Å². The van der Waals surface area contributed by atoms with E-state index >= 15 is 0 Å². The number of nitrogens with two attached hydrogens (primary N) is 3. The zero-order chi connectivity index (χ0) is 39.2. The first-order valence-electron chi connectivity index (χ1n) is 17.0. The van der Waals surface area contributed by atoms with Crippen molar-refractivity contribution in [3.63, 3.8) is 0 Å². The van der Waals surface area contributed by atoms with Gasteiger partial charge in [0.05, 0.1) is 31.4 Å². The molecule has 290 valence electrons. The minimum absolute atomic E-state index is 0.0631. The summed E-state index contributed by atoms with van der Waals surface area (Å²) in [6, 6.07) is 8.46. The van der Waals surface area contributed by atoms with Crippen LogP contribution in [0.15, 0.2) is 47.1 Å². The molecule has 2 amide bonds. The summed E-state index contributed by atoms with van der Waals surface area (Å²) < 4.78 is 44.2. The molecule has 3 aliphatic rings. The number of hydrogen-bond acceptors (Lipinski definition) is 15. The smallest absolute Gasteiger partial charge is 0.418 e. The number of fused-ring (bicyclic) bond motifs is 2. The molecule has 4 atom stereocenters. The number of amides is 2. The second-order valence-electron chi connectivity index (χ2n) is 13.9. The van der Waals surface area contributed by atoms with Crippen LogP contribution in [0.4, 0.5) is 10.9 Å². The van der Waals surface area contributed by atoms with Crippen molar-refractivity contribution >= 4 is 56.2 Å². The Kier molecular flexibility index (Phi) is 10.6. The monoisotopic (exact) mass is 788 g/mol. The highest BCUT2D eigenvalue weighted by Crippen LogP contribution is 2.37. The number of carbonyl (C=O) groups excluding carboxylic acids is 2. The summed E-state index contributed by atoms with van der Waals surface area (Å²) in [6.45, 7) is 7.46. The average molecular weight is 789 g/mol. The maximum Gasteiger partial charge on any atom is 0.418 e. The number of hydrogen-bond donors (Lipinski definition) is 6. The Hall–Kier alpha value is -4.93. The van der Waals surface area contributed by atoms with Crippen LogP contribution in [0.3, 0.4) is 0 Å². The molecule has 0 saturated carbocycles. The highest BCUT2D eigenvalue weighted by Gasteiger charge is 2.58. The quantitative estimate of drug-likeness (QED) is 0.0431. The Morgan fingerprint density at radius 2 is 1.98 bits per heavy atom. The third-order valence-electron chi connectivity index (χ3n) is 9.80. The van der Waals surface area contributed by atoms with Crippen molar-refractivity contribution in [1.29, 1.82) is 0 Å². The van der Waals surface area contributed by atoms with Crippen molar-refractivity contribution in [2.24, 2.45) is 22.5 Å². The Bertz CT molecular complexity index is 2110. The molecular formula is C33H42N9O10S2+. The average Bonchev–Trinajstić information content (AvgIpc) is 3.56. The van der Waals surface area contributed by atoms with Gasteiger partial charge in [0, 0.05) is 36.0 Å². The number of aromatic nitrogens is 2. The molecule has 1 saturated heterocycles. The fourth-order valence-electron chi connectivity index (χ4n) is 6.75. The summed E-state index contributed by atoms with van der Waals surface area (Å²) in [5.41, 5.74) is 16.4. The lowest BCUT2D eigenvalue weighted by Crippen LogP contribution is -2.76. The Labute approximate surface area is 314 Å². The van der Waals surface area contributed by atoms with Gasteiger partial charge in [-0.25, -0.2) is 14.3 Å². The normalized spacial score (nSPS) is 21.9. The molecule has 2 aromatic heterocycles. The number of aryl methyl sites for hydroxylation is 1. The summed E-state index contributed by atoms with van der Waals surface area (Å²) in [6.07, 6.45) is 1.70. The van der Waals surface area contributed by atoms with Crippen LogP contribution in [0.5, 0.6) is 5.75 Å². The number of β-lactam (4-membered cyclic amide) rings is 1. The number of nitrogens with one attached hydrogen (secondary N) is 1. The van der Waals surface area contributed by atoms with E-state index < -0.39 is 57.2 Å². The fourth-order valence-corrected chi connectivity index (χ4v) is 7.75. The lowest BCUT2D eigenvalue weighted by molar-refractivity contribution is -0.694. The first kappa shape index (κ1) is 38.8. The molecule has 0 spiro atoms. The number of anilines is 2. The predicted molar refractivity (Wildman–Crippen MR) is 194 cm³/mol. The van der Waals surface area contributed by atoms with Gasteiger partial charge < -0.3 is 37.2 Å². The largest absolute Gasteiger partial charge is 0.485 e. The summed E-state index contributed by atoms with van der Waals surface area (Å²) in [5.74, 6) is -1.60. The number of rotatable bonds is 13. The summed E-state index contributed by atoms with van der Waals surface area (Å²) in [4.78, 5) is 51.0. The zero-order valence-electron chi connectivity index (χ0n) is 29.7. The molecule has 5 heterocycles. The molecule has 3 aliphatic heterocycles. The van der Waals surface area contributed by atoms with Crippen molar-refractivity contribution in [3.05, 3.63) is 53.2 Å². The van der Waals surface area contributed by atoms with Gasteiger partial charge in [-0.3, -0.25) is 19.0 Å². The Morgan fingerprint density at radius 3 is 2.61 bits per heavy atom. The van der Waals surface area contributed by atoms with E-state index in [-0.39, 0.29) is 17.2 Å². The summed E-state index contributed by atoms with van der Waals surface area (Å²) in [7, 11) is -5.03. The van der Waals surface area contributed by atoms with E-state index in [9.17, 15) is 27.9 Å². The van der Waals surface area contributed by atoms with Gasteiger partial charge in [-0.1, -0.05) is 11.2 Å². The van der Waals surface area contributed by atoms with E-state index in [1.807, 2.05) is 12.1 Å². The van der Waals surface area contributed by atoms with Crippen molar-refractivity contribution in [2.75, 3.05) is 36.8 Å². The van der Waals surface area contributed by atoms with E-state index in [2.05, 4.69) is 47.5 Å². The van der Waals surface area contributed by atoms with Crippen molar-refractivity contribution < 1.29 is 50.9 Å². The predicted octanol–water partition coefficient (Wildman–Crippen LogP) is -0.169. The molecule has 19 nitrogen and oxygen atoms in total. The van der Waals surface area contributed by atoms with Crippen molar-refractivity contribution in [3.8, 4) is 16.9 Å². The van der Waals surface area contributed by atoms with Gasteiger partial charge in [-0.05, 0) is 62.9 Å². The molecule has 6 rings (SSSR count). The van der Waals surface area contributed by atoms with Crippen LogP contribution in [-0.4, -0.2) is 101 Å². The highest BCUT2D eigenvalue weighted by atomic mass is 32.3. The van der Waals surface area contributed by atoms with Gasteiger partial charge >= 0.3 is 16.4 Å².